The highest BCUT2D eigenvalue weighted by Crippen LogP contribution is 2.32. The molecule has 104 valence electrons. The maximum absolute atomic E-state index is 11.2. The standard InChI is InChI=1S/C14H13NO4S/c1-8-6-11(9-4-2-3-5-10(9)15-8)20-12(14(18)19)7-13(16)17/h2-6,12H,7H2,1H3,(H,16,17)(H,18,19)/t12-/m0/s1. The van der Waals surface area contributed by atoms with Gasteiger partial charge in [-0.15, -0.1) is 11.8 Å². The number of carboxylic acids is 2. The summed E-state index contributed by atoms with van der Waals surface area (Å²) in [5.74, 6) is -2.25. The number of rotatable bonds is 5. The number of aryl methyl sites for hydroxylation is 1. The zero-order valence-corrected chi connectivity index (χ0v) is 11.6. The first-order valence-corrected chi connectivity index (χ1v) is 6.83. The summed E-state index contributed by atoms with van der Waals surface area (Å²) >= 11 is 1.05. The summed E-state index contributed by atoms with van der Waals surface area (Å²) in [6.45, 7) is 1.82. The fraction of sp³-hybridized carbons (Fsp3) is 0.214. The molecule has 2 N–H and O–H groups in total. The lowest BCUT2D eigenvalue weighted by atomic mass is 10.2. The van der Waals surface area contributed by atoms with Gasteiger partial charge in [-0.25, -0.2) is 0 Å². The Balaban J connectivity index is 2.41. The molecule has 1 heterocycles. The van der Waals surface area contributed by atoms with Crippen LogP contribution in [0.3, 0.4) is 0 Å². The van der Waals surface area contributed by atoms with Crippen LogP contribution in [-0.4, -0.2) is 32.4 Å². The Morgan fingerprint density at radius 1 is 1.30 bits per heavy atom. The SMILES string of the molecule is Cc1cc(S[C@@H](CC(=O)O)C(=O)O)c2ccccc2n1. The van der Waals surface area contributed by atoms with Crippen molar-refractivity contribution in [3.05, 3.63) is 36.0 Å². The molecule has 0 aliphatic rings. The minimum absolute atomic E-state index is 0.421. The van der Waals surface area contributed by atoms with E-state index in [1.54, 1.807) is 6.07 Å². The van der Waals surface area contributed by atoms with Crippen molar-refractivity contribution in [2.45, 2.75) is 23.5 Å². The number of carboxylic acid groups (broad SMARTS) is 2. The third-order valence-corrected chi connectivity index (χ3v) is 3.96. The van der Waals surface area contributed by atoms with Crippen LogP contribution in [0.25, 0.3) is 10.9 Å². The van der Waals surface area contributed by atoms with Crippen molar-refractivity contribution in [1.29, 1.82) is 0 Å². The molecule has 0 fully saturated rings. The highest BCUT2D eigenvalue weighted by atomic mass is 32.2. The second-order valence-electron chi connectivity index (χ2n) is 4.32. The monoisotopic (exact) mass is 291 g/mol. The van der Waals surface area contributed by atoms with Gasteiger partial charge in [0.25, 0.3) is 0 Å². The van der Waals surface area contributed by atoms with E-state index in [1.165, 1.54) is 0 Å². The molecule has 1 aromatic heterocycles. The molecule has 0 saturated carbocycles. The minimum Gasteiger partial charge on any atom is -0.481 e. The second-order valence-corrected chi connectivity index (χ2v) is 5.57. The number of aliphatic carboxylic acids is 2. The molecular formula is C14H13NO4S. The summed E-state index contributed by atoms with van der Waals surface area (Å²) in [4.78, 5) is 27.0. The molecule has 1 atom stereocenters. The Hall–Kier alpha value is -2.08. The maximum Gasteiger partial charge on any atom is 0.317 e. The van der Waals surface area contributed by atoms with Crippen LogP contribution in [-0.2, 0) is 9.59 Å². The molecule has 0 saturated heterocycles. The number of carbonyl (C=O) groups is 2. The van der Waals surface area contributed by atoms with Crippen LogP contribution in [0.5, 0.6) is 0 Å². The number of hydrogen-bond acceptors (Lipinski definition) is 4. The maximum atomic E-state index is 11.2. The molecule has 0 amide bonds. The molecule has 1 aromatic carbocycles. The van der Waals surface area contributed by atoms with Gasteiger partial charge in [-0.05, 0) is 19.1 Å². The van der Waals surface area contributed by atoms with Gasteiger partial charge in [0.2, 0.25) is 0 Å². The number of fused-ring (bicyclic) bond motifs is 1. The molecule has 0 spiro atoms. The van der Waals surface area contributed by atoms with Gasteiger partial charge in [0.05, 0.1) is 11.9 Å². The fourth-order valence-corrected chi connectivity index (χ4v) is 3.03. The number of benzene rings is 1. The fourth-order valence-electron chi connectivity index (χ4n) is 1.86. The molecule has 6 heteroatoms. The van der Waals surface area contributed by atoms with Gasteiger partial charge in [0, 0.05) is 16.0 Å². The number of pyridine rings is 1. The highest BCUT2D eigenvalue weighted by Gasteiger charge is 2.23. The average Bonchev–Trinajstić information content (AvgIpc) is 2.37. The van der Waals surface area contributed by atoms with E-state index in [0.717, 1.165) is 33.3 Å². The summed E-state index contributed by atoms with van der Waals surface area (Å²) in [5.41, 5.74) is 1.54. The van der Waals surface area contributed by atoms with Crippen molar-refractivity contribution in [3.8, 4) is 0 Å². The van der Waals surface area contributed by atoms with Crippen LogP contribution < -0.4 is 0 Å². The quantitative estimate of drug-likeness (QED) is 0.823. The van der Waals surface area contributed by atoms with Crippen molar-refractivity contribution >= 4 is 34.6 Å². The van der Waals surface area contributed by atoms with Crippen LogP contribution in [0.15, 0.2) is 35.2 Å². The van der Waals surface area contributed by atoms with Crippen molar-refractivity contribution < 1.29 is 19.8 Å². The Labute approximate surface area is 119 Å². The molecule has 2 rings (SSSR count). The summed E-state index contributed by atoms with van der Waals surface area (Å²) in [6, 6.07) is 9.18. The van der Waals surface area contributed by atoms with Gasteiger partial charge in [0.15, 0.2) is 0 Å². The lowest BCUT2D eigenvalue weighted by molar-refractivity contribution is -0.142. The van der Waals surface area contributed by atoms with Gasteiger partial charge in [-0.1, -0.05) is 18.2 Å². The van der Waals surface area contributed by atoms with Crippen LogP contribution in [0.2, 0.25) is 0 Å². The van der Waals surface area contributed by atoms with Gasteiger partial charge in [-0.2, -0.15) is 0 Å². The highest BCUT2D eigenvalue weighted by molar-refractivity contribution is 8.00. The van der Waals surface area contributed by atoms with Gasteiger partial charge >= 0.3 is 11.9 Å². The van der Waals surface area contributed by atoms with Crippen molar-refractivity contribution in [2.24, 2.45) is 0 Å². The smallest absolute Gasteiger partial charge is 0.317 e. The third-order valence-electron chi connectivity index (χ3n) is 2.71. The zero-order chi connectivity index (χ0) is 14.7. The van der Waals surface area contributed by atoms with E-state index < -0.39 is 23.6 Å². The normalized spacial score (nSPS) is 12.2. The van der Waals surface area contributed by atoms with Gasteiger partial charge in [-0.3, -0.25) is 14.6 Å². The van der Waals surface area contributed by atoms with Crippen LogP contribution in [0.1, 0.15) is 12.1 Å². The number of thioether (sulfide) groups is 1. The molecule has 0 unspecified atom stereocenters. The zero-order valence-electron chi connectivity index (χ0n) is 10.7. The largest absolute Gasteiger partial charge is 0.481 e. The Bertz CT molecular complexity index is 671. The van der Waals surface area contributed by atoms with Crippen molar-refractivity contribution in [2.75, 3.05) is 0 Å². The van der Waals surface area contributed by atoms with E-state index in [0.29, 0.717) is 0 Å². The second kappa shape index (κ2) is 5.92. The number of hydrogen-bond donors (Lipinski definition) is 2. The van der Waals surface area contributed by atoms with E-state index in [2.05, 4.69) is 4.98 Å². The summed E-state index contributed by atoms with van der Waals surface area (Å²) in [6.07, 6.45) is -0.421. The van der Waals surface area contributed by atoms with Gasteiger partial charge in [0.1, 0.15) is 5.25 Å². The van der Waals surface area contributed by atoms with E-state index in [4.69, 9.17) is 10.2 Å². The molecule has 20 heavy (non-hydrogen) atoms. The third kappa shape index (κ3) is 3.27. The van der Waals surface area contributed by atoms with E-state index in [9.17, 15) is 9.59 Å². The van der Waals surface area contributed by atoms with Crippen LogP contribution >= 0.6 is 11.8 Å². The topological polar surface area (TPSA) is 87.5 Å². The summed E-state index contributed by atoms with van der Waals surface area (Å²) in [5, 5.41) is 17.7. The molecule has 2 aromatic rings. The van der Waals surface area contributed by atoms with Gasteiger partial charge < -0.3 is 10.2 Å². The Morgan fingerprint density at radius 3 is 2.65 bits per heavy atom. The molecular weight excluding hydrogens is 278 g/mol. The van der Waals surface area contributed by atoms with E-state index in [1.807, 2.05) is 31.2 Å². The summed E-state index contributed by atoms with van der Waals surface area (Å²) in [7, 11) is 0. The molecule has 0 bridgehead atoms. The number of para-hydroxylation sites is 1. The van der Waals surface area contributed by atoms with E-state index in [-0.39, 0.29) is 0 Å². The average molecular weight is 291 g/mol. The minimum atomic E-state index is -1.13. The lowest BCUT2D eigenvalue weighted by Gasteiger charge is -2.12. The Morgan fingerprint density at radius 2 is 2.00 bits per heavy atom. The van der Waals surface area contributed by atoms with Crippen LogP contribution in [0.4, 0.5) is 0 Å². The molecule has 0 radical (unpaired) electrons. The van der Waals surface area contributed by atoms with E-state index >= 15 is 0 Å². The van der Waals surface area contributed by atoms with Crippen molar-refractivity contribution in [3.63, 3.8) is 0 Å². The lowest BCUT2D eigenvalue weighted by Crippen LogP contribution is -2.20. The molecule has 5 nitrogen and oxygen atoms in total. The Kier molecular flexibility index (Phi) is 4.24. The first kappa shape index (κ1) is 14.3. The molecule has 0 aliphatic carbocycles. The first-order valence-electron chi connectivity index (χ1n) is 5.95. The summed E-state index contributed by atoms with van der Waals surface area (Å²) < 4.78 is 0. The van der Waals surface area contributed by atoms with Crippen molar-refractivity contribution in [1.82, 2.24) is 4.98 Å². The predicted octanol–water partition coefficient (Wildman–Crippen LogP) is 2.56. The number of nitrogens with zero attached hydrogens (tertiary/aromatic N) is 1. The predicted molar refractivity (Wildman–Crippen MR) is 76.0 cm³/mol. The first-order chi connectivity index (χ1) is 9.47. The molecule has 0 aliphatic heterocycles. The van der Waals surface area contributed by atoms with Crippen LogP contribution in [0, 0.1) is 6.92 Å². The number of aromatic nitrogens is 1.